The lowest BCUT2D eigenvalue weighted by Crippen LogP contribution is -2.02. The van der Waals surface area contributed by atoms with Crippen molar-refractivity contribution in [3.63, 3.8) is 0 Å². The van der Waals surface area contributed by atoms with Crippen molar-refractivity contribution in [3.05, 3.63) is 206 Å². The van der Waals surface area contributed by atoms with Crippen LogP contribution in [0.3, 0.4) is 0 Å². The molecule has 2 heterocycles. The normalized spacial score (nSPS) is 11.3. The Morgan fingerprint density at radius 3 is 0.963 bits per heavy atom. The molecule has 0 radical (unpaired) electrons. The zero-order valence-electron chi connectivity index (χ0n) is 29.4. The highest BCUT2D eigenvalue weighted by atomic mass is 15.1. The standard InChI is InChI=1S/C50H34N4/c1-3-19-35(20-4-1)49-51-43-29-13-17-33-47(43)53(49)45-31-15-11-27-41(45)39-25-9-7-23-37(39)38-24-8-10-26-40(38)42-28-12-16-32-46(42)54-48-34-18-14-30-44(48)52-50(54)36-21-5-2-6-22-36/h1-34H. The first-order valence-electron chi connectivity index (χ1n) is 18.3. The molecular weight excluding hydrogens is 657 g/mol. The Balaban J connectivity index is 1.19. The molecule has 4 nitrogen and oxygen atoms in total. The molecule has 0 saturated heterocycles. The molecule has 0 aliphatic heterocycles. The average molecular weight is 691 g/mol. The Kier molecular flexibility index (Phi) is 7.77. The van der Waals surface area contributed by atoms with E-state index in [4.69, 9.17) is 9.97 Å². The van der Waals surface area contributed by atoms with Crippen LogP contribution >= 0.6 is 0 Å². The highest BCUT2D eigenvalue weighted by molar-refractivity contribution is 5.97. The maximum atomic E-state index is 5.17. The number of nitrogens with zero attached hydrogens (tertiary/aromatic N) is 4. The number of hydrogen-bond acceptors (Lipinski definition) is 2. The summed E-state index contributed by atoms with van der Waals surface area (Å²) in [6.07, 6.45) is 0. The third-order valence-electron chi connectivity index (χ3n) is 10.2. The highest BCUT2D eigenvalue weighted by Crippen LogP contribution is 2.43. The molecule has 10 rings (SSSR count). The summed E-state index contributed by atoms with van der Waals surface area (Å²) in [6.45, 7) is 0. The number of para-hydroxylation sites is 6. The third-order valence-corrected chi connectivity index (χ3v) is 10.2. The summed E-state index contributed by atoms with van der Waals surface area (Å²) in [5, 5.41) is 0. The second-order valence-corrected chi connectivity index (χ2v) is 13.4. The Hall–Kier alpha value is -7.30. The molecule has 0 atom stereocenters. The number of aromatic nitrogens is 4. The van der Waals surface area contributed by atoms with E-state index in [9.17, 15) is 0 Å². The molecule has 254 valence electrons. The molecule has 0 aliphatic carbocycles. The molecule has 0 spiro atoms. The SMILES string of the molecule is c1ccc(-c2nc3ccccc3n2-c2ccccc2-c2ccccc2-c2ccccc2-c2ccccc2-n2c(-c3ccccc3)nc3ccccc32)cc1. The molecule has 0 aliphatic rings. The van der Waals surface area contributed by atoms with Crippen LogP contribution in [0.25, 0.3) is 89.6 Å². The Morgan fingerprint density at radius 1 is 0.259 bits per heavy atom. The minimum atomic E-state index is 0.915. The van der Waals surface area contributed by atoms with E-state index in [0.717, 1.165) is 89.6 Å². The largest absolute Gasteiger partial charge is 0.292 e. The molecule has 10 aromatic rings. The van der Waals surface area contributed by atoms with Crippen LogP contribution in [-0.2, 0) is 0 Å². The summed E-state index contributed by atoms with van der Waals surface area (Å²) in [6, 6.07) is 72.7. The molecule has 0 unspecified atom stereocenters. The Morgan fingerprint density at radius 2 is 0.556 bits per heavy atom. The van der Waals surface area contributed by atoms with E-state index >= 15 is 0 Å². The monoisotopic (exact) mass is 690 g/mol. The predicted molar refractivity (Wildman–Crippen MR) is 223 cm³/mol. The quantitative estimate of drug-likeness (QED) is 0.167. The number of rotatable bonds is 7. The van der Waals surface area contributed by atoms with Crippen molar-refractivity contribution in [2.24, 2.45) is 0 Å². The predicted octanol–water partition coefficient (Wildman–Crippen LogP) is 12.7. The molecule has 0 amide bonds. The van der Waals surface area contributed by atoms with Gasteiger partial charge in [0, 0.05) is 22.3 Å². The minimum absolute atomic E-state index is 0.915. The number of hydrogen-bond donors (Lipinski definition) is 0. The van der Waals surface area contributed by atoms with E-state index in [2.05, 4.69) is 203 Å². The van der Waals surface area contributed by atoms with Crippen LogP contribution in [0.5, 0.6) is 0 Å². The lowest BCUT2D eigenvalue weighted by Gasteiger charge is -2.20. The van der Waals surface area contributed by atoms with E-state index in [-0.39, 0.29) is 0 Å². The molecule has 0 bridgehead atoms. The van der Waals surface area contributed by atoms with Gasteiger partial charge in [-0.3, -0.25) is 9.13 Å². The molecule has 0 fully saturated rings. The van der Waals surface area contributed by atoms with Gasteiger partial charge in [-0.25, -0.2) is 9.97 Å². The van der Waals surface area contributed by atoms with Crippen molar-refractivity contribution in [3.8, 4) is 67.5 Å². The van der Waals surface area contributed by atoms with Crippen molar-refractivity contribution in [1.82, 2.24) is 19.1 Å². The van der Waals surface area contributed by atoms with Crippen molar-refractivity contribution >= 4 is 22.1 Å². The summed E-state index contributed by atoms with van der Waals surface area (Å²) in [5.41, 5.74) is 15.2. The number of fused-ring (bicyclic) bond motifs is 2. The van der Waals surface area contributed by atoms with E-state index in [1.165, 1.54) is 0 Å². The number of benzene rings is 8. The van der Waals surface area contributed by atoms with Gasteiger partial charge in [0.25, 0.3) is 0 Å². The van der Waals surface area contributed by atoms with E-state index in [0.29, 0.717) is 0 Å². The fourth-order valence-electron chi connectivity index (χ4n) is 7.80. The fraction of sp³-hybridized carbons (Fsp3) is 0. The molecular formula is C50H34N4. The first kappa shape index (κ1) is 31.4. The van der Waals surface area contributed by atoms with Gasteiger partial charge < -0.3 is 0 Å². The molecule has 8 aromatic carbocycles. The third kappa shape index (κ3) is 5.32. The first-order valence-corrected chi connectivity index (χ1v) is 18.3. The smallest absolute Gasteiger partial charge is 0.145 e. The molecule has 54 heavy (non-hydrogen) atoms. The van der Waals surface area contributed by atoms with Gasteiger partial charge in [0.1, 0.15) is 11.6 Å². The van der Waals surface area contributed by atoms with Gasteiger partial charge in [-0.15, -0.1) is 0 Å². The zero-order chi connectivity index (χ0) is 35.8. The topological polar surface area (TPSA) is 35.6 Å². The van der Waals surface area contributed by atoms with E-state index in [1.807, 2.05) is 12.1 Å². The van der Waals surface area contributed by atoms with Crippen molar-refractivity contribution < 1.29 is 0 Å². The second kappa shape index (κ2) is 13.4. The van der Waals surface area contributed by atoms with Crippen molar-refractivity contribution in [1.29, 1.82) is 0 Å². The summed E-state index contributed by atoms with van der Waals surface area (Å²) < 4.78 is 4.63. The second-order valence-electron chi connectivity index (χ2n) is 13.4. The lowest BCUT2D eigenvalue weighted by molar-refractivity contribution is 1.10. The van der Waals surface area contributed by atoms with Crippen LogP contribution in [-0.4, -0.2) is 19.1 Å². The van der Waals surface area contributed by atoms with Gasteiger partial charge in [-0.2, -0.15) is 0 Å². The summed E-state index contributed by atoms with van der Waals surface area (Å²) >= 11 is 0. The number of imidazole rings is 2. The van der Waals surface area contributed by atoms with E-state index < -0.39 is 0 Å². The van der Waals surface area contributed by atoms with Crippen LogP contribution in [0.2, 0.25) is 0 Å². The van der Waals surface area contributed by atoms with Crippen molar-refractivity contribution in [2.75, 3.05) is 0 Å². The van der Waals surface area contributed by atoms with Crippen LogP contribution in [0.4, 0.5) is 0 Å². The van der Waals surface area contributed by atoms with Crippen LogP contribution in [0.15, 0.2) is 206 Å². The average Bonchev–Trinajstić information content (AvgIpc) is 3.84. The van der Waals surface area contributed by atoms with E-state index in [1.54, 1.807) is 0 Å². The maximum absolute atomic E-state index is 5.17. The van der Waals surface area contributed by atoms with Gasteiger partial charge in [0.05, 0.1) is 33.4 Å². The van der Waals surface area contributed by atoms with Crippen LogP contribution < -0.4 is 0 Å². The van der Waals surface area contributed by atoms with Crippen LogP contribution in [0.1, 0.15) is 0 Å². The Bertz CT molecular complexity index is 2730. The maximum Gasteiger partial charge on any atom is 0.145 e. The van der Waals surface area contributed by atoms with Crippen molar-refractivity contribution in [2.45, 2.75) is 0 Å². The first-order chi connectivity index (χ1) is 26.8. The lowest BCUT2D eigenvalue weighted by atomic mass is 9.88. The summed E-state index contributed by atoms with van der Waals surface area (Å²) in [7, 11) is 0. The molecule has 4 heteroatoms. The highest BCUT2D eigenvalue weighted by Gasteiger charge is 2.22. The van der Waals surface area contributed by atoms with Gasteiger partial charge in [-0.05, 0) is 58.7 Å². The van der Waals surface area contributed by atoms with Gasteiger partial charge >= 0.3 is 0 Å². The summed E-state index contributed by atoms with van der Waals surface area (Å²) in [5.74, 6) is 1.83. The van der Waals surface area contributed by atoms with Gasteiger partial charge in [0.15, 0.2) is 0 Å². The Labute approximate surface area is 313 Å². The summed E-state index contributed by atoms with van der Waals surface area (Å²) in [4.78, 5) is 10.3. The molecule has 2 aromatic heterocycles. The van der Waals surface area contributed by atoms with Gasteiger partial charge in [-0.1, -0.05) is 170 Å². The molecule has 0 saturated carbocycles. The fourth-order valence-corrected chi connectivity index (χ4v) is 7.80. The van der Waals surface area contributed by atoms with Crippen LogP contribution in [0, 0.1) is 0 Å². The zero-order valence-corrected chi connectivity index (χ0v) is 29.4. The van der Waals surface area contributed by atoms with Gasteiger partial charge in [0.2, 0.25) is 0 Å². The molecule has 0 N–H and O–H groups in total. The minimum Gasteiger partial charge on any atom is -0.292 e.